The largest absolute Gasteiger partial charge is 0.507 e. The number of ether oxygens (including phenoxy) is 2. The first kappa shape index (κ1) is 34.7. The van der Waals surface area contributed by atoms with Crippen LogP contribution in [0.4, 0.5) is 18.9 Å². The van der Waals surface area contributed by atoms with Crippen LogP contribution in [0.25, 0.3) is 0 Å². The maximum Gasteiger partial charge on any atom is 0.416 e. The van der Waals surface area contributed by atoms with Crippen LogP contribution in [0.2, 0.25) is 0 Å². The van der Waals surface area contributed by atoms with Crippen molar-refractivity contribution < 1.29 is 37.3 Å². The number of nitrogens with one attached hydrogen (secondary N) is 2. The lowest BCUT2D eigenvalue weighted by atomic mass is 10.1. The molecule has 0 fully saturated rings. The number of carbonyl (C=O) groups excluding carboxylic acids is 2. The SMILES string of the molecule is CC(=O)Nc1ccc(OC(=O)c2ccccc2O)cc1.CNCCC(Oc1ccc(C(F)(F)F)cc1)c1ccccc1.Cl. The van der Waals surface area contributed by atoms with E-state index < -0.39 is 17.7 Å². The van der Waals surface area contributed by atoms with Crippen molar-refractivity contribution in [2.45, 2.75) is 25.6 Å². The van der Waals surface area contributed by atoms with Crippen molar-refractivity contribution in [2.24, 2.45) is 0 Å². The van der Waals surface area contributed by atoms with Gasteiger partial charge in [-0.1, -0.05) is 42.5 Å². The minimum absolute atomic E-state index is 0. The number of halogens is 4. The monoisotopic (exact) mass is 616 g/mol. The Morgan fingerprint density at radius 1 is 0.837 bits per heavy atom. The van der Waals surface area contributed by atoms with Crippen molar-refractivity contribution in [3.05, 3.63) is 120 Å². The second-order valence-electron chi connectivity index (χ2n) is 9.04. The third-order valence-electron chi connectivity index (χ3n) is 5.80. The van der Waals surface area contributed by atoms with Gasteiger partial charge in [-0.15, -0.1) is 12.4 Å². The summed E-state index contributed by atoms with van der Waals surface area (Å²) in [6, 6.07) is 26.9. The molecular formula is C32H32ClF3N2O5. The Kier molecular flexibility index (Phi) is 13.5. The highest BCUT2D eigenvalue weighted by molar-refractivity contribution is 5.94. The predicted octanol–water partition coefficient (Wildman–Crippen LogP) is 7.43. The molecule has 0 saturated heterocycles. The van der Waals surface area contributed by atoms with Crippen molar-refractivity contribution in [3.63, 3.8) is 0 Å². The van der Waals surface area contributed by atoms with Gasteiger partial charge in [0.1, 0.15) is 28.9 Å². The zero-order chi connectivity index (χ0) is 30.5. The van der Waals surface area contributed by atoms with Gasteiger partial charge in [0.25, 0.3) is 0 Å². The number of phenols is 1. The lowest BCUT2D eigenvalue weighted by Crippen LogP contribution is -2.16. The first-order chi connectivity index (χ1) is 20.1. The minimum atomic E-state index is -4.33. The Balaban J connectivity index is 0.000000295. The fraction of sp³-hybridized carbons (Fsp3) is 0.188. The average Bonchev–Trinajstić information content (AvgIpc) is 2.97. The number of anilines is 1. The molecule has 4 aromatic rings. The zero-order valence-electron chi connectivity index (χ0n) is 23.4. The molecule has 0 bridgehead atoms. The second-order valence-corrected chi connectivity index (χ2v) is 9.04. The van der Waals surface area contributed by atoms with Crippen LogP contribution in [-0.2, 0) is 11.0 Å². The number of aromatic hydroxyl groups is 1. The number of esters is 1. The van der Waals surface area contributed by atoms with E-state index in [1.807, 2.05) is 37.4 Å². The third kappa shape index (κ3) is 11.3. The highest BCUT2D eigenvalue weighted by Crippen LogP contribution is 2.32. The van der Waals surface area contributed by atoms with E-state index in [1.165, 1.54) is 31.2 Å². The van der Waals surface area contributed by atoms with E-state index in [0.717, 1.165) is 30.7 Å². The quantitative estimate of drug-likeness (QED) is 0.134. The van der Waals surface area contributed by atoms with Gasteiger partial charge in [-0.3, -0.25) is 4.79 Å². The standard InChI is InChI=1S/C17H18F3NO.C15H13NO4.ClH/c1-21-12-11-16(13-5-3-2-4-6-13)22-15-9-7-14(8-10-15)17(18,19)20;1-10(17)16-11-6-8-12(9-7-11)20-15(19)13-4-2-3-5-14(13)18;/h2-10,16,21H,11-12H2,1H3;2-9,18H,1H3,(H,16,17);1H. The van der Waals surface area contributed by atoms with Gasteiger partial charge in [-0.25, -0.2) is 4.79 Å². The highest BCUT2D eigenvalue weighted by atomic mass is 35.5. The fourth-order valence-corrected chi connectivity index (χ4v) is 3.74. The molecule has 0 saturated carbocycles. The number of amides is 1. The number of alkyl halides is 3. The van der Waals surface area contributed by atoms with E-state index in [2.05, 4.69) is 10.6 Å². The Morgan fingerprint density at radius 2 is 1.42 bits per heavy atom. The van der Waals surface area contributed by atoms with Crippen molar-refractivity contribution in [1.82, 2.24) is 5.32 Å². The summed E-state index contributed by atoms with van der Waals surface area (Å²) in [5, 5.41) is 15.2. The molecule has 4 rings (SSSR count). The smallest absolute Gasteiger partial charge is 0.416 e. The van der Waals surface area contributed by atoms with E-state index in [0.29, 0.717) is 17.2 Å². The maximum absolute atomic E-state index is 12.6. The summed E-state index contributed by atoms with van der Waals surface area (Å²) in [5.41, 5.74) is 1.03. The second kappa shape index (κ2) is 16.8. The van der Waals surface area contributed by atoms with E-state index in [9.17, 15) is 27.9 Å². The van der Waals surface area contributed by atoms with Gasteiger partial charge in [0.15, 0.2) is 0 Å². The summed E-state index contributed by atoms with van der Waals surface area (Å²) < 4.78 is 48.7. The van der Waals surface area contributed by atoms with E-state index >= 15 is 0 Å². The summed E-state index contributed by atoms with van der Waals surface area (Å²) in [7, 11) is 1.85. The summed E-state index contributed by atoms with van der Waals surface area (Å²) in [6.45, 7) is 2.16. The van der Waals surface area contributed by atoms with Crippen LogP contribution in [0.15, 0.2) is 103 Å². The van der Waals surface area contributed by atoms with Crippen molar-refractivity contribution >= 4 is 30.0 Å². The molecule has 1 amide bonds. The normalized spacial score (nSPS) is 11.2. The molecule has 4 aromatic carbocycles. The number of phenolic OH excluding ortho intramolecular Hbond substituents is 1. The molecular weight excluding hydrogens is 585 g/mol. The highest BCUT2D eigenvalue weighted by Gasteiger charge is 2.30. The molecule has 1 unspecified atom stereocenters. The molecule has 11 heteroatoms. The zero-order valence-corrected chi connectivity index (χ0v) is 24.2. The minimum Gasteiger partial charge on any atom is -0.507 e. The van der Waals surface area contributed by atoms with Crippen molar-refractivity contribution in [1.29, 1.82) is 0 Å². The van der Waals surface area contributed by atoms with Crippen LogP contribution >= 0.6 is 12.4 Å². The van der Waals surface area contributed by atoms with Gasteiger partial charge in [0.05, 0.1) is 5.56 Å². The molecule has 7 nitrogen and oxygen atoms in total. The number of benzene rings is 4. The lowest BCUT2D eigenvalue weighted by molar-refractivity contribution is -0.137. The fourth-order valence-electron chi connectivity index (χ4n) is 3.74. The van der Waals surface area contributed by atoms with Crippen LogP contribution in [0, 0.1) is 0 Å². The molecule has 228 valence electrons. The van der Waals surface area contributed by atoms with E-state index in [4.69, 9.17) is 9.47 Å². The van der Waals surface area contributed by atoms with Gasteiger partial charge in [-0.05, 0) is 79.8 Å². The van der Waals surface area contributed by atoms with Gasteiger partial charge in [-0.2, -0.15) is 13.2 Å². The molecule has 0 radical (unpaired) electrons. The summed E-state index contributed by atoms with van der Waals surface area (Å²) >= 11 is 0. The summed E-state index contributed by atoms with van der Waals surface area (Å²) in [4.78, 5) is 22.7. The number of rotatable bonds is 9. The van der Waals surface area contributed by atoms with Crippen LogP contribution in [0.5, 0.6) is 17.2 Å². The lowest BCUT2D eigenvalue weighted by Gasteiger charge is -2.20. The molecule has 3 N–H and O–H groups in total. The van der Waals surface area contributed by atoms with Gasteiger partial charge >= 0.3 is 12.1 Å². The molecule has 43 heavy (non-hydrogen) atoms. The molecule has 0 aliphatic rings. The van der Waals surface area contributed by atoms with E-state index in [1.54, 1.807) is 36.4 Å². The van der Waals surface area contributed by atoms with Crippen LogP contribution < -0.4 is 20.1 Å². The summed E-state index contributed by atoms with van der Waals surface area (Å²) in [5.74, 6) is -0.197. The topological polar surface area (TPSA) is 96.9 Å². The van der Waals surface area contributed by atoms with Crippen molar-refractivity contribution in [2.75, 3.05) is 18.9 Å². The number of hydrogen-bond acceptors (Lipinski definition) is 6. The Morgan fingerprint density at radius 3 is 1.98 bits per heavy atom. The molecule has 0 aliphatic carbocycles. The average molecular weight is 617 g/mol. The van der Waals surface area contributed by atoms with Crippen molar-refractivity contribution in [3.8, 4) is 17.2 Å². The maximum atomic E-state index is 12.6. The van der Waals surface area contributed by atoms with Crippen LogP contribution in [0.3, 0.4) is 0 Å². The summed E-state index contributed by atoms with van der Waals surface area (Å²) in [6.07, 6.45) is -3.81. The van der Waals surface area contributed by atoms with Crippen LogP contribution in [-0.4, -0.2) is 30.6 Å². The number of hydrogen-bond donors (Lipinski definition) is 3. The molecule has 0 heterocycles. The molecule has 0 spiro atoms. The van der Waals surface area contributed by atoms with Gasteiger partial charge < -0.3 is 25.2 Å². The molecule has 1 atom stereocenters. The first-order valence-corrected chi connectivity index (χ1v) is 13.0. The molecule has 0 aliphatic heterocycles. The predicted molar refractivity (Wildman–Crippen MR) is 161 cm³/mol. The Labute approximate surface area is 254 Å². The Hall–Kier alpha value is -4.54. The van der Waals surface area contributed by atoms with Gasteiger partial charge in [0, 0.05) is 19.0 Å². The van der Waals surface area contributed by atoms with Crippen LogP contribution in [0.1, 0.15) is 40.9 Å². The molecule has 0 aromatic heterocycles. The first-order valence-electron chi connectivity index (χ1n) is 13.0. The number of para-hydroxylation sites is 1. The number of carbonyl (C=O) groups is 2. The Bertz CT molecular complexity index is 1430. The van der Waals surface area contributed by atoms with Gasteiger partial charge in [0.2, 0.25) is 5.91 Å². The third-order valence-corrected chi connectivity index (χ3v) is 5.80. The van der Waals surface area contributed by atoms with E-state index in [-0.39, 0.29) is 35.7 Å².